The van der Waals surface area contributed by atoms with Gasteiger partial charge in [-0.05, 0) is 37.3 Å². The van der Waals surface area contributed by atoms with Crippen LogP contribution in [0.3, 0.4) is 0 Å². The lowest BCUT2D eigenvalue weighted by molar-refractivity contribution is -0.118. The number of rotatable bonds is 9. The molecule has 172 valence electrons. The molecule has 1 atom stereocenters. The molecule has 0 fully saturated rings. The van der Waals surface area contributed by atoms with Gasteiger partial charge in [0.1, 0.15) is 5.75 Å². The van der Waals surface area contributed by atoms with E-state index in [0.717, 1.165) is 16.2 Å². The Kier molecular flexibility index (Phi) is 7.95. The molecular weight excluding hydrogens is 466 g/mol. The Hall–Kier alpha value is -3.62. The predicted molar refractivity (Wildman–Crippen MR) is 139 cm³/mol. The molecule has 0 radical (unpaired) electrons. The van der Waals surface area contributed by atoms with Crippen molar-refractivity contribution in [2.24, 2.45) is 0 Å². The number of amides is 2. The first kappa shape index (κ1) is 23.5. The maximum Gasteiger partial charge on any atom is 0.262 e. The van der Waals surface area contributed by atoms with E-state index in [1.54, 1.807) is 18.2 Å². The Labute approximate surface area is 206 Å². The largest absolute Gasteiger partial charge is 0.484 e. The second-order valence-corrected chi connectivity index (χ2v) is 9.60. The normalized spacial score (nSPS) is 11.4. The summed E-state index contributed by atoms with van der Waals surface area (Å²) in [5.74, 6) is 0.248. The molecule has 8 heteroatoms. The molecule has 0 bridgehead atoms. The van der Waals surface area contributed by atoms with E-state index in [9.17, 15) is 9.59 Å². The average Bonchev–Trinajstić information content (AvgIpc) is 3.32. The van der Waals surface area contributed by atoms with E-state index in [4.69, 9.17) is 4.74 Å². The zero-order valence-electron chi connectivity index (χ0n) is 18.4. The molecule has 2 amide bonds. The fourth-order valence-corrected chi connectivity index (χ4v) is 4.70. The van der Waals surface area contributed by atoms with Gasteiger partial charge in [-0.25, -0.2) is 4.98 Å². The zero-order valence-corrected chi connectivity index (χ0v) is 20.1. The van der Waals surface area contributed by atoms with E-state index >= 15 is 0 Å². The quantitative estimate of drug-likeness (QED) is 0.284. The molecule has 0 spiro atoms. The first-order valence-corrected chi connectivity index (χ1v) is 12.4. The fraction of sp³-hybridized carbons (Fsp3) is 0.115. The number of anilines is 2. The summed E-state index contributed by atoms with van der Waals surface area (Å²) in [5, 5.41) is 7.86. The number of ether oxygens (including phenoxy) is 1. The van der Waals surface area contributed by atoms with Gasteiger partial charge in [-0.2, -0.15) is 0 Å². The van der Waals surface area contributed by atoms with Crippen LogP contribution in [0.25, 0.3) is 11.3 Å². The van der Waals surface area contributed by atoms with Crippen LogP contribution in [0.4, 0.5) is 10.8 Å². The highest BCUT2D eigenvalue weighted by molar-refractivity contribution is 8.00. The summed E-state index contributed by atoms with van der Waals surface area (Å²) in [4.78, 5) is 30.3. The van der Waals surface area contributed by atoms with Crippen LogP contribution in [0.1, 0.15) is 6.92 Å². The van der Waals surface area contributed by atoms with Gasteiger partial charge < -0.3 is 15.4 Å². The van der Waals surface area contributed by atoms with Crippen molar-refractivity contribution in [1.82, 2.24) is 4.98 Å². The van der Waals surface area contributed by atoms with Gasteiger partial charge in [0.25, 0.3) is 5.91 Å². The molecule has 0 aliphatic heterocycles. The summed E-state index contributed by atoms with van der Waals surface area (Å²) >= 11 is 2.80. The Balaban J connectivity index is 1.29. The molecule has 0 aliphatic carbocycles. The van der Waals surface area contributed by atoms with Crippen LogP contribution in [-0.2, 0) is 9.59 Å². The van der Waals surface area contributed by atoms with Crippen LogP contribution in [0, 0.1) is 0 Å². The van der Waals surface area contributed by atoms with E-state index in [1.807, 2.05) is 79.0 Å². The minimum Gasteiger partial charge on any atom is -0.484 e. The van der Waals surface area contributed by atoms with Crippen LogP contribution in [0.15, 0.2) is 95.2 Å². The Bertz CT molecular complexity index is 1250. The number of aromatic nitrogens is 1. The molecular formula is C26H23N3O3S2. The van der Waals surface area contributed by atoms with Gasteiger partial charge in [-0.3, -0.25) is 9.59 Å². The average molecular weight is 490 g/mol. The minimum atomic E-state index is -0.351. The number of hydrogen-bond acceptors (Lipinski definition) is 6. The summed E-state index contributed by atoms with van der Waals surface area (Å²) < 4.78 is 5.48. The smallest absolute Gasteiger partial charge is 0.262 e. The number of nitrogens with one attached hydrogen (secondary N) is 2. The summed E-state index contributed by atoms with van der Waals surface area (Å²) in [6.45, 7) is 1.75. The van der Waals surface area contributed by atoms with Crippen molar-refractivity contribution in [3.63, 3.8) is 0 Å². The molecule has 0 saturated heterocycles. The summed E-state index contributed by atoms with van der Waals surface area (Å²) in [6.07, 6.45) is 0. The van der Waals surface area contributed by atoms with Gasteiger partial charge in [-0.1, -0.05) is 54.6 Å². The number of carbonyl (C=O) groups is 2. The van der Waals surface area contributed by atoms with Crippen LogP contribution in [0.2, 0.25) is 0 Å². The fourth-order valence-electron chi connectivity index (χ4n) is 3.05. The van der Waals surface area contributed by atoms with Crippen molar-refractivity contribution in [2.45, 2.75) is 17.1 Å². The van der Waals surface area contributed by atoms with Gasteiger partial charge in [0.2, 0.25) is 5.91 Å². The molecule has 6 nitrogen and oxygen atoms in total. The molecule has 1 aromatic heterocycles. The number of nitrogens with zero attached hydrogens (tertiary/aromatic N) is 1. The third-order valence-corrected chi connectivity index (χ3v) is 6.57. The van der Waals surface area contributed by atoms with Crippen molar-refractivity contribution >= 4 is 45.7 Å². The molecule has 3 aromatic carbocycles. The standard InChI is InChI=1S/C26H23N3O3S2/c1-18(25(31)29-26-28-23(17-33-26)19-9-4-2-5-10-19)34-22-14-8-11-20(15-22)27-24(30)16-32-21-12-6-3-7-13-21/h2-15,17-18H,16H2,1H3,(H,27,30)(H,28,29,31). The van der Waals surface area contributed by atoms with E-state index < -0.39 is 0 Å². The van der Waals surface area contributed by atoms with Gasteiger partial charge in [0.05, 0.1) is 10.9 Å². The summed E-state index contributed by atoms with van der Waals surface area (Å²) in [5.41, 5.74) is 2.49. The molecule has 0 aliphatic rings. The Morgan fingerprint density at radius 2 is 1.71 bits per heavy atom. The second kappa shape index (κ2) is 11.5. The number of hydrogen-bond donors (Lipinski definition) is 2. The predicted octanol–water partition coefficient (Wildman–Crippen LogP) is 5.95. The zero-order chi connectivity index (χ0) is 23.8. The number of para-hydroxylation sites is 1. The van der Waals surface area contributed by atoms with Gasteiger partial charge in [-0.15, -0.1) is 23.1 Å². The van der Waals surface area contributed by atoms with Gasteiger partial charge in [0, 0.05) is 21.5 Å². The van der Waals surface area contributed by atoms with Crippen molar-refractivity contribution in [2.75, 3.05) is 17.2 Å². The molecule has 4 rings (SSSR count). The number of carbonyl (C=O) groups excluding carboxylic acids is 2. The monoisotopic (exact) mass is 489 g/mol. The third kappa shape index (κ3) is 6.69. The molecule has 4 aromatic rings. The van der Waals surface area contributed by atoms with Crippen molar-refractivity contribution in [1.29, 1.82) is 0 Å². The molecule has 1 heterocycles. The second-order valence-electron chi connectivity index (χ2n) is 7.33. The van der Waals surface area contributed by atoms with Crippen LogP contribution in [0.5, 0.6) is 5.75 Å². The summed E-state index contributed by atoms with van der Waals surface area (Å²) in [7, 11) is 0. The Morgan fingerprint density at radius 1 is 0.971 bits per heavy atom. The molecule has 0 saturated carbocycles. The van der Waals surface area contributed by atoms with E-state index in [1.165, 1.54) is 23.1 Å². The highest BCUT2D eigenvalue weighted by Gasteiger charge is 2.17. The SMILES string of the molecule is CC(Sc1cccc(NC(=O)COc2ccccc2)c1)C(=O)Nc1nc(-c2ccccc2)cs1. The lowest BCUT2D eigenvalue weighted by Gasteiger charge is -2.12. The lowest BCUT2D eigenvalue weighted by atomic mass is 10.2. The lowest BCUT2D eigenvalue weighted by Crippen LogP contribution is -2.22. The van der Waals surface area contributed by atoms with E-state index in [-0.39, 0.29) is 23.7 Å². The van der Waals surface area contributed by atoms with E-state index in [0.29, 0.717) is 16.6 Å². The molecule has 2 N–H and O–H groups in total. The first-order chi connectivity index (χ1) is 16.6. The maximum absolute atomic E-state index is 12.7. The highest BCUT2D eigenvalue weighted by Crippen LogP contribution is 2.28. The third-order valence-electron chi connectivity index (χ3n) is 4.72. The Morgan fingerprint density at radius 3 is 2.47 bits per heavy atom. The highest BCUT2D eigenvalue weighted by atomic mass is 32.2. The minimum absolute atomic E-state index is 0.0843. The van der Waals surface area contributed by atoms with Crippen molar-refractivity contribution in [3.05, 3.63) is 90.3 Å². The number of thiazole rings is 1. The van der Waals surface area contributed by atoms with Crippen LogP contribution < -0.4 is 15.4 Å². The van der Waals surface area contributed by atoms with Crippen LogP contribution in [-0.4, -0.2) is 28.7 Å². The number of benzene rings is 3. The molecule has 1 unspecified atom stereocenters. The number of thioether (sulfide) groups is 1. The van der Waals surface area contributed by atoms with Crippen molar-refractivity contribution in [3.8, 4) is 17.0 Å². The van der Waals surface area contributed by atoms with Gasteiger partial charge in [0.15, 0.2) is 11.7 Å². The maximum atomic E-state index is 12.7. The van der Waals surface area contributed by atoms with Crippen molar-refractivity contribution < 1.29 is 14.3 Å². The van der Waals surface area contributed by atoms with Gasteiger partial charge >= 0.3 is 0 Å². The van der Waals surface area contributed by atoms with Crippen LogP contribution >= 0.6 is 23.1 Å². The molecule has 34 heavy (non-hydrogen) atoms. The topological polar surface area (TPSA) is 80.3 Å². The van der Waals surface area contributed by atoms with E-state index in [2.05, 4.69) is 15.6 Å². The summed E-state index contributed by atoms with van der Waals surface area (Å²) in [6, 6.07) is 26.4. The first-order valence-electron chi connectivity index (χ1n) is 10.6.